The number of rotatable bonds is 6. The molecule has 35 heavy (non-hydrogen) atoms. The van der Waals surface area contributed by atoms with Crippen LogP contribution in [0.1, 0.15) is 16.7 Å². The molecule has 2 aliphatic heterocycles. The SMILES string of the molecule is Cc1ccc(OCCOc2ccc(/C=C3/C(=N)N4N=C(S(C)(=O)=O)SC4=NC3=O)cc2Cl)cc1C. The summed E-state index contributed by atoms with van der Waals surface area (Å²) < 4.78 is 34.7. The van der Waals surface area contributed by atoms with Gasteiger partial charge in [-0.15, -0.1) is 5.10 Å². The van der Waals surface area contributed by atoms with Gasteiger partial charge in [0, 0.05) is 6.26 Å². The fourth-order valence-corrected chi connectivity index (χ4v) is 5.06. The summed E-state index contributed by atoms with van der Waals surface area (Å²) in [4.78, 5) is 16.4. The summed E-state index contributed by atoms with van der Waals surface area (Å²) in [7, 11) is -3.60. The maximum Gasteiger partial charge on any atom is 0.283 e. The van der Waals surface area contributed by atoms with Crippen molar-refractivity contribution in [3.63, 3.8) is 0 Å². The van der Waals surface area contributed by atoms with Crippen molar-refractivity contribution in [2.75, 3.05) is 19.5 Å². The largest absolute Gasteiger partial charge is 0.490 e. The maximum absolute atomic E-state index is 12.5. The molecule has 0 saturated carbocycles. The number of nitrogens with zero attached hydrogens (tertiary/aromatic N) is 3. The molecule has 0 radical (unpaired) electrons. The van der Waals surface area contributed by atoms with Gasteiger partial charge in [-0.2, -0.15) is 10.0 Å². The van der Waals surface area contributed by atoms with Crippen LogP contribution in [-0.4, -0.2) is 54.2 Å². The number of aryl methyl sites for hydroxylation is 2. The van der Waals surface area contributed by atoms with Crippen LogP contribution in [0, 0.1) is 19.3 Å². The molecule has 2 aromatic carbocycles. The molecular weight excluding hydrogens is 512 g/mol. The van der Waals surface area contributed by atoms with E-state index in [0.29, 0.717) is 22.9 Å². The van der Waals surface area contributed by atoms with Crippen molar-refractivity contribution in [3.8, 4) is 11.5 Å². The van der Waals surface area contributed by atoms with Gasteiger partial charge in [0.1, 0.15) is 24.7 Å². The first-order valence-corrected chi connectivity index (χ1v) is 13.4. The Labute approximate surface area is 211 Å². The predicted molar refractivity (Wildman–Crippen MR) is 138 cm³/mol. The van der Waals surface area contributed by atoms with E-state index in [4.69, 9.17) is 26.5 Å². The van der Waals surface area contributed by atoms with E-state index in [1.165, 1.54) is 11.6 Å². The summed E-state index contributed by atoms with van der Waals surface area (Å²) in [5, 5.41) is 13.6. The van der Waals surface area contributed by atoms with Crippen LogP contribution >= 0.6 is 23.4 Å². The summed E-state index contributed by atoms with van der Waals surface area (Å²) in [6, 6.07) is 10.8. The van der Waals surface area contributed by atoms with Gasteiger partial charge in [0.25, 0.3) is 5.91 Å². The number of benzene rings is 2. The molecule has 9 nitrogen and oxygen atoms in total. The Bertz CT molecular complexity index is 1430. The molecule has 0 unspecified atom stereocenters. The minimum Gasteiger partial charge on any atom is -0.490 e. The van der Waals surface area contributed by atoms with Gasteiger partial charge in [0.05, 0.1) is 10.6 Å². The van der Waals surface area contributed by atoms with Gasteiger partial charge < -0.3 is 9.47 Å². The lowest BCUT2D eigenvalue weighted by Gasteiger charge is -2.20. The van der Waals surface area contributed by atoms with Gasteiger partial charge in [-0.25, -0.2) is 8.42 Å². The van der Waals surface area contributed by atoms with Crippen molar-refractivity contribution in [2.24, 2.45) is 10.1 Å². The molecular formula is C23H21ClN4O5S2. The van der Waals surface area contributed by atoms with Gasteiger partial charge in [0.15, 0.2) is 5.84 Å². The van der Waals surface area contributed by atoms with E-state index in [2.05, 4.69) is 10.1 Å². The number of ether oxygens (including phenoxy) is 2. The summed E-state index contributed by atoms with van der Waals surface area (Å²) in [6.45, 7) is 4.67. The molecule has 0 spiro atoms. The topological polar surface area (TPSA) is 121 Å². The number of sulfone groups is 1. The number of nitrogens with one attached hydrogen (secondary N) is 1. The Morgan fingerprint density at radius 2 is 1.86 bits per heavy atom. The number of amides is 1. The second-order valence-corrected chi connectivity index (χ2v) is 11.3. The number of carbonyl (C=O) groups is 1. The molecule has 2 aromatic rings. The van der Waals surface area contributed by atoms with Gasteiger partial charge >= 0.3 is 0 Å². The fraction of sp³-hybridized carbons (Fsp3) is 0.217. The lowest BCUT2D eigenvalue weighted by atomic mass is 10.1. The molecule has 0 aromatic heterocycles. The Kier molecular flexibility index (Phi) is 7.02. The van der Waals surface area contributed by atoms with E-state index in [-0.39, 0.29) is 27.6 Å². The summed E-state index contributed by atoms with van der Waals surface area (Å²) in [5.41, 5.74) is 2.84. The van der Waals surface area contributed by atoms with Crippen LogP contribution in [0.4, 0.5) is 0 Å². The number of hydrazone groups is 1. The first-order valence-electron chi connectivity index (χ1n) is 10.4. The smallest absolute Gasteiger partial charge is 0.283 e. The van der Waals surface area contributed by atoms with Crippen molar-refractivity contribution < 1.29 is 22.7 Å². The predicted octanol–water partition coefficient (Wildman–Crippen LogP) is 4.04. The van der Waals surface area contributed by atoms with Crippen molar-refractivity contribution in [1.82, 2.24) is 5.01 Å². The molecule has 4 rings (SSSR count). The average molecular weight is 533 g/mol. The van der Waals surface area contributed by atoms with Crippen LogP contribution in [0.2, 0.25) is 5.02 Å². The third-order valence-corrected chi connectivity index (χ3v) is 7.98. The number of hydrogen-bond acceptors (Lipinski definition) is 8. The van der Waals surface area contributed by atoms with Crippen LogP contribution in [0.5, 0.6) is 11.5 Å². The van der Waals surface area contributed by atoms with E-state index in [1.54, 1.807) is 18.2 Å². The van der Waals surface area contributed by atoms with Crippen LogP contribution in [0.15, 0.2) is 52.1 Å². The Morgan fingerprint density at radius 1 is 1.11 bits per heavy atom. The van der Waals surface area contributed by atoms with Crippen molar-refractivity contribution >= 4 is 60.6 Å². The number of hydrogen-bond donors (Lipinski definition) is 1. The molecule has 0 saturated heterocycles. The van der Waals surface area contributed by atoms with Crippen molar-refractivity contribution in [2.45, 2.75) is 13.8 Å². The standard InChI is InChI=1S/C23H21ClN4O5S2/c1-13-4-6-16(10-14(13)2)32-8-9-33-19-7-5-15(12-18(19)24)11-17-20(25)28-22(26-21(17)29)34-23(27-28)35(3,30)31/h4-7,10-12,25H,8-9H2,1-3H3/b17-11-,25-20?. The Morgan fingerprint density at radius 3 is 2.54 bits per heavy atom. The first kappa shape index (κ1) is 25.0. The molecule has 2 heterocycles. The highest BCUT2D eigenvalue weighted by Gasteiger charge is 2.38. The number of halogens is 1. The number of fused-ring (bicyclic) bond motifs is 1. The quantitative estimate of drug-likeness (QED) is 0.440. The Balaban J connectivity index is 1.42. The fourth-order valence-electron chi connectivity index (χ4n) is 3.13. The minimum absolute atomic E-state index is 0.0300. The molecule has 0 bridgehead atoms. The zero-order valence-electron chi connectivity index (χ0n) is 19.0. The van der Waals surface area contributed by atoms with Gasteiger partial charge in [-0.1, -0.05) is 23.7 Å². The molecule has 2 aliphatic rings. The van der Waals surface area contributed by atoms with Gasteiger partial charge in [0.2, 0.25) is 19.4 Å². The minimum atomic E-state index is -3.60. The van der Waals surface area contributed by atoms with E-state index in [9.17, 15) is 13.2 Å². The number of carbonyl (C=O) groups excluding carboxylic acids is 1. The van der Waals surface area contributed by atoms with Crippen LogP contribution in [0.25, 0.3) is 6.08 Å². The number of aliphatic imine (C=N–C) groups is 1. The normalized spacial score (nSPS) is 16.8. The second kappa shape index (κ2) is 9.84. The average Bonchev–Trinajstić information content (AvgIpc) is 3.22. The molecule has 0 aliphatic carbocycles. The van der Waals surface area contributed by atoms with Crippen LogP contribution in [0.3, 0.4) is 0 Å². The zero-order chi connectivity index (χ0) is 25.3. The second-order valence-electron chi connectivity index (χ2n) is 7.79. The highest BCUT2D eigenvalue weighted by Crippen LogP contribution is 2.31. The van der Waals surface area contributed by atoms with E-state index in [0.717, 1.165) is 34.3 Å². The highest BCUT2D eigenvalue weighted by atomic mass is 35.5. The molecule has 12 heteroatoms. The lowest BCUT2D eigenvalue weighted by molar-refractivity contribution is -0.114. The summed E-state index contributed by atoms with van der Waals surface area (Å²) in [5.74, 6) is 0.269. The van der Waals surface area contributed by atoms with Gasteiger partial charge in [-0.05, 0) is 72.6 Å². The van der Waals surface area contributed by atoms with Crippen LogP contribution in [-0.2, 0) is 14.6 Å². The highest BCUT2D eigenvalue weighted by molar-refractivity contribution is 8.42. The van der Waals surface area contributed by atoms with Gasteiger partial charge in [-0.3, -0.25) is 10.2 Å². The zero-order valence-corrected chi connectivity index (χ0v) is 21.4. The van der Waals surface area contributed by atoms with E-state index >= 15 is 0 Å². The maximum atomic E-state index is 12.5. The van der Waals surface area contributed by atoms with Crippen LogP contribution < -0.4 is 9.47 Å². The number of amidine groups is 2. The summed E-state index contributed by atoms with van der Waals surface area (Å²) in [6.07, 6.45) is 2.45. The van der Waals surface area contributed by atoms with E-state index < -0.39 is 15.7 Å². The van der Waals surface area contributed by atoms with Crippen molar-refractivity contribution in [3.05, 3.63) is 63.7 Å². The van der Waals surface area contributed by atoms with Crippen molar-refractivity contribution in [1.29, 1.82) is 5.41 Å². The first-order chi connectivity index (χ1) is 16.5. The molecule has 1 amide bonds. The number of thioether (sulfide) groups is 1. The third kappa shape index (κ3) is 5.58. The molecule has 0 atom stereocenters. The lowest BCUT2D eigenvalue weighted by Crippen LogP contribution is -2.35. The third-order valence-electron chi connectivity index (χ3n) is 5.11. The van der Waals surface area contributed by atoms with E-state index in [1.807, 2.05) is 32.0 Å². The molecule has 0 fully saturated rings. The Hall–Kier alpha value is -3.15. The molecule has 1 N–H and O–H groups in total. The molecule has 182 valence electrons. The summed E-state index contributed by atoms with van der Waals surface area (Å²) >= 11 is 7.08. The monoisotopic (exact) mass is 532 g/mol.